The van der Waals surface area contributed by atoms with E-state index in [1.54, 1.807) is 0 Å². The first-order valence-electron chi connectivity index (χ1n) is 7.18. The highest BCUT2D eigenvalue weighted by atomic mass is 15.1. The third kappa shape index (κ3) is 7.46. The molecular weight excluding hydrogens is 206 g/mol. The Labute approximate surface area is 109 Å². The molecule has 0 saturated heterocycles. The predicted molar refractivity (Wildman–Crippen MR) is 79.1 cm³/mol. The van der Waals surface area contributed by atoms with Crippen molar-refractivity contribution in [3.05, 3.63) is 12.3 Å². The molecule has 0 heterocycles. The van der Waals surface area contributed by atoms with Gasteiger partial charge in [-0.15, -0.1) is 0 Å². The molecule has 102 valence electrons. The average Bonchev–Trinajstić information content (AvgIpc) is 2.22. The second-order valence-corrected chi connectivity index (χ2v) is 6.52. The van der Waals surface area contributed by atoms with Crippen LogP contribution in [0.2, 0.25) is 0 Å². The summed E-state index contributed by atoms with van der Waals surface area (Å²) in [6.07, 6.45) is 6.44. The number of hydrogen-bond acceptors (Lipinski definition) is 1. The Morgan fingerprint density at radius 3 is 2.24 bits per heavy atom. The van der Waals surface area contributed by atoms with Crippen LogP contribution >= 0.6 is 0 Å². The zero-order chi connectivity index (χ0) is 13.5. The Morgan fingerprint density at radius 2 is 1.76 bits per heavy atom. The maximum absolute atomic E-state index is 4.23. The van der Waals surface area contributed by atoms with Gasteiger partial charge in [-0.3, -0.25) is 0 Å². The quantitative estimate of drug-likeness (QED) is 0.534. The Kier molecular flexibility index (Phi) is 7.58. The Hall–Kier alpha value is -0.460. The molecule has 0 N–H and O–H groups in total. The second kappa shape index (κ2) is 7.79. The molecule has 0 rings (SSSR count). The summed E-state index contributed by atoms with van der Waals surface area (Å²) in [5.74, 6) is 0.688. The van der Waals surface area contributed by atoms with Gasteiger partial charge in [0.15, 0.2) is 0 Å². The minimum Gasteiger partial charge on any atom is -0.378 e. The first-order valence-corrected chi connectivity index (χ1v) is 7.18. The highest BCUT2D eigenvalue weighted by molar-refractivity contribution is 4.95. The van der Waals surface area contributed by atoms with Crippen LogP contribution in [0.3, 0.4) is 0 Å². The number of allylic oxidation sites excluding steroid dienone is 1. The van der Waals surface area contributed by atoms with Crippen molar-refractivity contribution in [1.82, 2.24) is 4.90 Å². The van der Waals surface area contributed by atoms with Crippen LogP contribution in [0.25, 0.3) is 0 Å². The zero-order valence-corrected chi connectivity index (χ0v) is 13.0. The summed E-state index contributed by atoms with van der Waals surface area (Å²) in [5, 5.41) is 0. The van der Waals surface area contributed by atoms with Gasteiger partial charge in [0.05, 0.1) is 0 Å². The molecule has 17 heavy (non-hydrogen) atoms. The Balaban J connectivity index is 3.89. The standard InChI is InChI=1S/C16H33N/c1-8-9-10-11-12-17(7)15(3)13-14(2)16(4,5)6/h14H,3,8-13H2,1-2,4-7H3. The topological polar surface area (TPSA) is 3.24 Å². The molecule has 0 amide bonds. The van der Waals surface area contributed by atoms with Crippen molar-refractivity contribution in [3.63, 3.8) is 0 Å². The summed E-state index contributed by atoms with van der Waals surface area (Å²) < 4.78 is 0. The van der Waals surface area contributed by atoms with E-state index >= 15 is 0 Å². The monoisotopic (exact) mass is 239 g/mol. The third-order valence-corrected chi connectivity index (χ3v) is 3.91. The van der Waals surface area contributed by atoms with E-state index in [9.17, 15) is 0 Å². The third-order valence-electron chi connectivity index (χ3n) is 3.91. The molecule has 1 atom stereocenters. The van der Waals surface area contributed by atoms with E-state index in [1.807, 2.05) is 0 Å². The Bertz CT molecular complexity index is 212. The number of rotatable bonds is 8. The zero-order valence-electron chi connectivity index (χ0n) is 13.0. The second-order valence-electron chi connectivity index (χ2n) is 6.52. The molecule has 0 aromatic carbocycles. The molecule has 0 aliphatic heterocycles. The van der Waals surface area contributed by atoms with Gasteiger partial charge in [-0.05, 0) is 24.2 Å². The van der Waals surface area contributed by atoms with Gasteiger partial charge in [-0.25, -0.2) is 0 Å². The van der Waals surface area contributed by atoms with E-state index < -0.39 is 0 Å². The van der Waals surface area contributed by atoms with Crippen LogP contribution in [0.1, 0.15) is 66.7 Å². The lowest BCUT2D eigenvalue weighted by atomic mass is 9.79. The first kappa shape index (κ1) is 16.5. The predicted octanol–water partition coefficient (Wildman–Crippen LogP) is 5.08. The van der Waals surface area contributed by atoms with Crippen molar-refractivity contribution in [3.8, 4) is 0 Å². The molecule has 1 nitrogen and oxygen atoms in total. The maximum Gasteiger partial charge on any atom is 0.0171 e. The van der Waals surface area contributed by atoms with Gasteiger partial charge in [0.1, 0.15) is 0 Å². The Morgan fingerprint density at radius 1 is 1.18 bits per heavy atom. The SMILES string of the molecule is C=C(CC(C)C(C)(C)C)N(C)CCCCCC. The van der Waals surface area contributed by atoms with Gasteiger partial charge < -0.3 is 4.90 Å². The largest absolute Gasteiger partial charge is 0.378 e. The van der Waals surface area contributed by atoms with Crippen LogP contribution in [0.15, 0.2) is 12.3 Å². The lowest BCUT2D eigenvalue weighted by Crippen LogP contribution is -2.24. The molecule has 0 bridgehead atoms. The van der Waals surface area contributed by atoms with Crippen molar-refractivity contribution in [1.29, 1.82) is 0 Å². The molecule has 0 spiro atoms. The van der Waals surface area contributed by atoms with Crippen molar-refractivity contribution in [2.24, 2.45) is 11.3 Å². The van der Waals surface area contributed by atoms with Crippen LogP contribution in [0.5, 0.6) is 0 Å². The van der Waals surface area contributed by atoms with Crippen LogP contribution in [0.4, 0.5) is 0 Å². The van der Waals surface area contributed by atoms with Gasteiger partial charge in [-0.2, -0.15) is 0 Å². The highest BCUT2D eigenvalue weighted by Crippen LogP contribution is 2.30. The van der Waals surface area contributed by atoms with Crippen molar-refractivity contribution < 1.29 is 0 Å². The van der Waals surface area contributed by atoms with Gasteiger partial charge in [0, 0.05) is 19.3 Å². The van der Waals surface area contributed by atoms with Crippen LogP contribution < -0.4 is 0 Å². The van der Waals surface area contributed by atoms with E-state index in [-0.39, 0.29) is 0 Å². The van der Waals surface area contributed by atoms with Crippen LogP contribution in [-0.4, -0.2) is 18.5 Å². The molecule has 0 fully saturated rings. The van der Waals surface area contributed by atoms with Gasteiger partial charge in [-0.1, -0.05) is 60.5 Å². The van der Waals surface area contributed by atoms with Gasteiger partial charge in [0.25, 0.3) is 0 Å². The van der Waals surface area contributed by atoms with Crippen LogP contribution in [0, 0.1) is 11.3 Å². The van der Waals surface area contributed by atoms with E-state index in [4.69, 9.17) is 0 Å². The van der Waals surface area contributed by atoms with Gasteiger partial charge in [0.2, 0.25) is 0 Å². The number of unbranched alkanes of at least 4 members (excludes halogenated alkanes) is 3. The molecule has 1 heteroatoms. The molecule has 0 radical (unpaired) electrons. The normalized spacial score (nSPS) is 13.5. The first-order chi connectivity index (χ1) is 7.79. The molecule has 0 aliphatic carbocycles. The van der Waals surface area contributed by atoms with Crippen molar-refractivity contribution in [2.45, 2.75) is 66.7 Å². The smallest absolute Gasteiger partial charge is 0.0171 e. The summed E-state index contributed by atoms with van der Waals surface area (Å²) in [6, 6.07) is 0. The summed E-state index contributed by atoms with van der Waals surface area (Å²) in [4.78, 5) is 2.35. The fourth-order valence-corrected chi connectivity index (χ4v) is 1.75. The van der Waals surface area contributed by atoms with Crippen molar-refractivity contribution >= 4 is 0 Å². The minimum absolute atomic E-state index is 0.381. The number of nitrogens with zero attached hydrogens (tertiary/aromatic N) is 1. The fraction of sp³-hybridized carbons (Fsp3) is 0.875. The summed E-state index contributed by atoms with van der Waals surface area (Å²) >= 11 is 0. The van der Waals surface area contributed by atoms with Crippen LogP contribution in [-0.2, 0) is 0 Å². The summed E-state index contributed by atoms with van der Waals surface area (Å²) in [7, 11) is 2.18. The summed E-state index contributed by atoms with van der Waals surface area (Å²) in [6.45, 7) is 16.9. The minimum atomic E-state index is 0.381. The van der Waals surface area contributed by atoms with Gasteiger partial charge >= 0.3 is 0 Å². The van der Waals surface area contributed by atoms with E-state index in [2.05, 4.69) is 53.1 Å². The lowest BCUT2D eigenvalue weighted by Gasteiger charge is -2.31. The van der Waals surface area contributed by atoms with Crippen molar-refractivity contribution in [2.75, 3.05) is 13.6 Å². The molecule has 0 saturated carbocycles. The summed E-state index contributed by atoms with van der Waals surface area (Å²) in [5.41, 5.74) is 1.68. The molecule has 0 aromatic heterocycles. The molecular formula is C16H33N. The average molecular weight is 239 g/mol. The van der Waals surface area contributed by atoms with E-state index in [0.29, 0.717) is 11.3 Å². The van der Waals surface area contributed by atoms with E-state index in [0.717, 1.165) is 13.0 Å². The molecule has 0 aliphatic rings. The maximum atomic E-state index is 4.23. The highest BCUT2D eigenvalue weighted by Gasteiger charge is 2.21. The fourth-order valence-electron chi connectivity index (χ4n) is 1.75. The molecule has 1 unspecified atom stereocenters. The van der Waals surface area contributed by atoms with E-state index in [1.165, 1.54) is 31.4 Å². The number of hydrogen-bond donors (Lipinski definition) is 0. The molecule has 0 aromatic rings. The lowest BCUT2D eigenvalue weighted by molar-refractivity contribution is 0.240.